The number of rotatable bonds is 6. The Morgan fingerprint density at radius 1 is 0.812 bits per heavy atom. The molecule has 6 nitrogen and oxygen atoms in total. The van der Waals surface area contributed by atoms with Crippen molar-refractivity contribution < 1.29 is 13.2 Å². The lowest BCUT2D eigenvalue weighted by Crippen LogP contribution is -2.47. The Morgan fingerprint density at radius 2 is 1.38 bits per heavy atom. The second-order valence-corrected chi connectivity index (χ2v) is 9.92. The van der Waals surface area contributed by atoms with E-state index in [1.54, 1.807) is 24.3 Å². The number of sulfonamides is 1. The predicted molar refractivity (Wildman–Crippen MR) is 126 cm³/mol. The van der Waals surface area contributed by atoms with Crippen molar-refractivity contribution in [2.24, 2.45) is 0 Å². The zero-order chi connectivity index (χ0) is 22.6. The van der Waals surface area contributed by atoms with Gasteiger partial charge in [0.2, 0.25) is 15.9 Å². The van der Waals surface area contributed by atoms with Gasteiger partial charge in [0.1, 0.15) is 0 Å². The zero-order valence-electron chi connectivity index (χ0n) is 18.0. The van der Waals surface area contributed by atoms with Crippen LogP contribution in [0.2, 0.25) is 0 Å². The third kappa shape index (κ3) is 4.91. The summed E-state index contributed by atoms with van der Waals surface area (Å²) in [5, 5.41) is 2.93. The highest BCUT2D eigenvalue weighted by molar-refractivity contribution is 7.89. The van der Waals surface area contributed by atoms with Crippen LogP contribution < -0.4 is 5.32 Å². The van der Waals surface area contributed by atoms with Crippen molar-refractivity contribution in [2.45, 2.75) is 10.8 Å². The van der Waals surface area contributed by atoms with Crippen LogP contribution in [0.1, 0.15) is 17.0 Å². The molecular weight excluding hydrogens is 422 g/mol. The van der Waals surface area contributed by atoms with Crippen LogP contribution >= 0.6 is 0 Å². The molecule has 0 aliphatic carbocycles. The summed E-state index contributed by atoms with van der Waals surface area (Å²) in [6.07, 6.45) is 0. The molecule has 0 atom stereocenters. The highest BCUT2D eigenvalue weighted by Gasteiger charge is 2.28. The molecule has 166 valence electrons. The number of hydrogen-bond donors (Lipinski definition) is 1. The molecule has 1 fully saturated rings. The zero-order valence-corrected chi connectivity index (χ0v) is 18.8. The molecule has 0 bridgehead atoms. The first-order valence-corrected chi connectivity index (χ1v) is 12.1. The van der Waals surface area contributed by atoms with E-state index in [4.69, 9.17) is 0 Å². The fourth-order valence-corrected chi connectivity index (χ4v) is 5.38. The summed E-state index contributed by atoms with van der Waals surface area (Å²) in [7, 11) is -1.63. The number of likely N-dealkylation sites (N-methyl/N-ethyl adjacent to an activating group) is 1. The molecule has 7 heteroatoms. The van der Waals surface area contributed by atoms with Crippen LogP contribution in [-0.2, 0) is 14.8 Å². The van der Waals surface area contributed by atoms with Gasteiger partial charge in [0.05, 0.1) is 10.8 Å². The number of carbonyl (C=O) groups is 1. The van der Waals surface area contributed by atoms with Crippen molar-refractivity contribution in [3.8, 4) is 0 Å². The molecule has 0 aromatic heterocycles. The van der Waals surface area contributed by atoms with Crippen molar-refractivity contribution in [3.63, 3.8) is 0 Å². The van der Waals surface area contributed by atoms with Gasteiger partial charge in [-0.05, 0) is 36.4 Å². The van der Waals surface area contributed by atoms with Crippen LogP contribution in [0.3, 0.4) is 0 Å². The summed E-state index contributed by atoms with van der Waals surface area (Å²) in [5.41, 5.74) is 2.21. The molecule has 1 saturated heterocycles. The number of amides is 1. The molecule has 0 saturated carbocycles. The van der Waals surface area contributed by atoms with Gasteiger partial charge in [-0.1, -0.05) is 66.7 Å². The first-order valence-electron chi connectivity index (χ1n) is 10.6. The summed E-state index contributed by atoms with van der Waals surface area (Å²) in [6, 6.07) is 25.6. The van der Waals surface area contributed by atoms with Gasteiger partial charge in [0.25, 0.3) is 0 Å². The molecule has 1 N–H and O–H groups in total. The minimum absolute atomic E-state index is 0.191. The predicted octanol–water partition coefficient (Wildman–Crippen LogP) is 3.39. The topological polar surface area (TPSA) is 69.7 Å². The summed E-state index contributed by atoms with van der Waals surface area (Å²) in [6.45, 7) is 2.32. The van der Waals surface area contributed by atoms with Crippen LogP contribution in [0, 0.1) is 0 Å². The minimum Gasteiger partial charge on any atom is -0.325 e. The lowest BCUT2D eigenvalue weighted by Gasteiger charge is -2.31. The molecule has 0 radical (unpaired) electrons. The Kier molecular flexibility index (Phi) is 6.69. The Morgan fingerprint density at radius 3 is 1.94 bits per heavy atom. The first-order chi connectivity index (χ1) is 15.4. The molecule has 3 aromatic rings. The third-order valence-electron chi connectivity index (χ3n) is 5.73. The van der Waals surface area contributed by atoms with E-state index in [-0.39, 0.29) is 10.8 Å². The number of benzene rings is 3. The maximum atomic E-state index is 13.3. The number of nitrogens with zero attached hydrogens (tertiary/aromatic N) is 2. The molecule has 1 heterocycles. The van der Waals surface area contributed by atoms with Gasteiger partial charge in [-0.15, -0.1) is 0 Å². The lowest BCUT2D eigenvalue weighted by molar-refractivity contribution is -0.116. The van der Waals surface area contributed by atoms with Crippen LogP contribution in [-0.4, -0.2) is 56.8 Å². The SMILES string of the molecule is CN1CCN(S(=O)(=O)c2cccc(NC(=O)C(c3ccccc3)c3ccccc3)c2)CC1. The van der Waals surface area contributed by atoms with Gasteiger partial charge in [-0.3, -0.25) is 4.79 Å². The summed E-state index contributed by atoms with van der Waals surface area (Å²) >= 11 is 0. The maximum Gasteiger partial charge on any atom is 0.243 e. The van der Waals surface area contributed by atoms with E-state index in [1.165, 1.54) is 4.31 Å². The van der Waals surface area contributed by atoms with E-state index in [2.05, 4.69) is 10.2 Å². The Bertz CT molecular complexity index is 1120. The molecule has 3 aromatic carbocycles. The smallest absolute Gasteiger partial charge is 0.243 e. The third-order valence-corrected chi connectivity index (χ3v) is 7.62. The van der Waals surface area contributed by atoms with E-state index in [0.717, 1.165) is 11.1 Å². The molecule has 1 aliphatic rings. The van der Waals surface area contributed by atoms with Gasteiger partial charge < -0.3 is 10.2 Å². The second-order valence-electron chi connectivity index (χ2n) is 7.98. The molecule has 0 spiro atoms. The van der Waals surface area contributed by atoms with Crippen molar-refractivity contribution >= 4 is 21.6 Å². The quantitative estimate of drug-likeness (QED) is 0.626. The maximum absolute atomic E-state index is 13.3. The normalized spacial score (nSPS) is 15.6. The van der Waals surface area contributed by atoms with Crippen molar-refractivity contribution in [1.82, 2.24) is 9.21 Å². The number of carbonyl (C=O) groups excluding carboxylic acids is 1. The van der Waals surface area contributed by atoms with Crippen LogP contribution in [0.15, 0.2) is 89.8 Å². The van der Waals surface area contributed by atoms with E-state index in [9.17, 15) is 13.2 Å². The standard InChI is InChI=1S/C25H27N3O3S/c1-27-15-17-28(18-16-27)32(30,31)23-14-8-13-22(19-23)26-25(29)24(20-9-4-2-5-10-20)21-11-6-3-7-12-21/h2-14,19,24H,15-18H2,1H3,(H,26,29). The summed E-state index contributed by atoms with van der Waals surface area (Å²) < 4.78 is 27.7. The van der Waals surface area contributed by atoms with Gasteiger partial charge in [0, 0.05) is 31.9 Å². The first kappa shape index (κ1) is 22.2. The Balaban J connectivity index is 1.59. The van der Waals surface area contributed by atoms with Crippen molar-refractivity contribution in [3.05, 3.63) is 96.1 Å². The van der Waals surface area contributed by atoms with Gasteiger partial charge in [0.15, 0.2) is 0 Å². The summed E-state index contributed by atoms with van der Waals surface area (Å²) in [5.74, 6) is -0.716. The number of piperazine rings is 1. The highest BCUT2D eigenvalue weighted by atomic mass is 32.2. The molecule has 1 aliphatic heterocycles. The number of nitrogens with one attached hydrogen (secondary N) is 1. The average molecular weight is 450 g/mol. The largest absolute Gasteiger partial charge is 0.325 e. The Hall–Kier alpha value is -3.00. The van der Waals surface area contributed by atoms with Crippen molar-refractivity contribution in [1.29, 1.82) is 0 Å². The lowest BCUT2D eigenvalue weighted by atomic mass is 9.90. The van der Waals surface area contributed by atoms with Crippen molar-refractivity contribution in [2.75, 3.05) is 38.5 Å². The fourth-order valence-electron chi connectivity index (χ4n) is 3.91. The van der Waals surface area contributed by atoms with Crippen LogP contribution in [0.4, 0.5) is 5.69 Å². The molecule has 0 unspecified atom stereocenters. The van der Waals surface area contributed by atoms with Crippen LogP contribution in [0.25, 0.3) is 0 Å². The Labute approximate surface area is 189 Å². The molecule has 32 heavy (non-hydrogen) atoms. The summed E-state index contributed by atoms with van der Waals surface area (Å²) in [4.78, 5) is 15.6. The van der Waals surface area contributed by atoms with Gasteiger partial charge >= 0.3 is 0 Å². The number of anilines is 1. The van der Waals surface area contributed by atoms with Crippen LogP contribution in [0.5, 0.6) is 0 Å². The minimum atomic E-state index is -3.61. The van der Waals surface area contributed by atoms with E-state index < -0.39 is 15.9 Å². The molecular formula is C25H27N3O3S. The highest BCUT2D eigenvalue weighted by Crippen LogP contribution is 2.27. The number of hydrogen-bond acceptors (Lipinski definition) is 4. The fraction of sp³-hybridized carbons (Fsp3) is 0.240. The van der Waals surface area contributed by atoms with Gasteiger partial charge in [-0.25, -0.2) is 8.42 Å². The van der Waals surface area contributed by atoms with E-state index in [0.29, 0.717) is 31.9 Å². The van der Waals surface area contributed by atoms with E-state index in [1.807, 2.05) is 67.7 Å². The average Bonchev–Trinajstić information content (AvgIpc) is 2.81. The molecule has 1 amide bonds. The second kappa shape index (κ2) is 9.65. The monoisotopic (exact) mass is 449 g/mol. The molecule has 4 rings (SSSR count). The van der Waals surface area contributed by atoms with E-state index >= 15 is 0 Å². The van der Waals surface area contributed by atoms with Gasteiger partial charge in [-0.2, -0.15) is 4.31 Å².